The van der Waals surface area contributed by atoms with Gasteiger partial charge in [0.2, 0.25) is 11.8 Å². The maximum absolute atomic E-state index is 14.2. The molecule has 0 aliphatic heterocycles. The molecule has 0 unspecified atom stereocenters. The maximum atomic E-state index is 14.2. The predicted octanol–water partition coefficient (Wildman–Crippen LogP) is 2.31. The third-order valence-electron chi connectivity index (χ3n) is 6.99. The van der Waals surface area contributed by atoms with Crippen molar-refractivity contribution in [3.8, 4) is 0 Å². The fraction of sp³-hybridized carbons (Fsp3) is 0.455. The normalized spacial score (nSPS) is 13.1. The number of nitrogens with zero attached hydrogens (tertiary/aromatic N) is 3. The number of nitrogens with one attached hydrogen (secondary N) is 2. The lowest BCUT2D eigenvalue weighted by Crippen LogP contribution is -2.59. The lowest BCUT2D eigenvalue weighted by atomic mass is 9.98. The van der Waals surface area contributed by atoms with Crippen molar-refractivity contribution < 1.29 is 23.9 Å². The standard InChI is InChI=1S/C33H48N8O5/c1-22(2)19-27(40-30(43)26(34)11-8-16-38-32(35)36)31(44)41(33(45)46-21-25-9-6-5-7-10-25)28(23(3)4)20-39-29(42)13-12-24-14-17-37-18-15-24/h5-7,9-10,12-15,17-18,22-23,26-28H,8,11,16,19-21,34H2,1-4H3,(H,39,42)(H,40,43)(H4,35,36,38)/b13-12+/t26-,27-,28+/m0/s1. The van der Waals surface area contributed by atoms with E-state index in [1.54, 1.807) is 42.7 Å². The van der Waals surface area contributed by atoms with E-state index in [1.165, 1.54) is 6.08 Å². The number of hydrogen-bond donors (Lipinski definition) is 5. The molecule has 0 saturated carbocycles. The number of guanidine groups is 1. The highest BCUT2D eigenvalue weighted by atomic mass is 16.6. The molecule has 2 rings (SSSR count). The average Bonchev–Trinajstić information content (AvgIpc) is 3.02. The van der Waals surface area contributed by atoms with Crippen molar-refractivity contribution in [2.24, 2.45) is 34.0 Å². The zero-order valence-corrected chi connectivity index (χ0v) is 27.1. The minimum absolute atomic E-state index is 0.0231. The molecule has 1 aromatic heterocycles. The number of aliphatic imine (C=N–C) groups is 1. The van der Waals surface area contributed by atoms with Crippen molar-refractivity contribution in [3.63, 3.8) is 0 Å². The quantitative estimate of drug-likeness (QED) is 0.0746. The molecule has 0 aliphatic rings. The van der Waals surface area contributed by atoms with Crippen LogP contribution in [0.3, 0.4) is 0 Å². The van der Waals surface area contributed by atoms with Crippen molar-refractivity contribution in [1.29, 1.82) is 0 Å². The van der Waals surface area contributed by atoms with Crippen LogP contribution in [0.5, 0.6) is 0 Å². The van der Waals surface area contributed by atoms with Gasteiger partial charge in [0.1, 0.15) is 12.6 Å². The van der Waals surface area contributed by atoms with Gasteiger partial charge in [-0.3, -0.25) is 24.4 Å². The molecular formula is C33H48N8O5. The molecule has 0 radical (unpaired) electrons. The van der Waals surface area contributed by atoms with E-state index in [-0.39, 0.29) is 43.8 Å². The first-order valence-corrected chi connectivity index (χ1v) is 15.4. The summed E-state index contributed by atoms with van der Waals surface area (Å²) in [6.45, 7) is 7.64. The number of carbonyl (C=O) groups is 4. The molecule has 0 spiro atoms. The summed E-state index contributed by atoms with van der Waals surface area (Å²) in [5.41, 5.74) is 18.4. The fourth-order valence-electron chi connectivity index (χ4n) is 4.50. The van der Waals surface area contributed by atoms with Crippen molar-refractivity contribution in [2.75, 3.05) is 13.1 Å². The molecule has 0 saturated heterocycles. The monoisotopic (exact) mass is 636 g/mol. The molecule has 2 aromatic rings. The van der Waals surface area contributed by atoms with Crippen molar-refractivity contribution in [1.82, 2.24) is 20.5 Å². The number of benzene rings is 1. The largest absolute Gasteiger partial charge is 0.444 e. The summed E-state index contributed by atoms with van der Waals surface area (Å²) in [6, 6.07) is 9.76. The Morgan fingerprint density at radius 1 is 1.02 bits per heavy atom. The Hall–Kier alpha value is -4.78. The van der Waals surface area contributed by atoms with Crippen LogP contribution in [0.2, 0.25) is 0 Å². The highest BCUT2D eigenvalue weighted by Gasteiger charge is 2.38. The zero-order valence-electron chi connectivity index (χ0n) is 27.1. The predicted molar refractivity (Wildman–Crippen MR) is 178 cm³/mol. The van der Waals surface area contributed by atoms with E-state index in [9.17, 15) is 19.2 Å². The summed E-state index contributed by atoms with van der Waals surface area (Å²) in [5.74, 6) is -1.98. The van der Waals surface area contributed by atoms with Gasteiger partial charge in [-0.05, 0) is 60.4 Å². The Morgan fingerprint density at radius 3 is 2.30 bits per heavy atom. The highest BCUT2D eigenvalue weighted by Crippen LogP contribution is 2.18. The van der Waals surface area contributed by atoms with Gasteiger partial charge in [-0.2, -0.15) is 0 Å². The fourth-order valence-corrected chi connectivity index (χ4v) is 4.50. The first kappa shape index (κ1) is 37.4. The van der Waals surface area contributed by atoms with Gasteiger partial charge < -0.3 is 32.6 Å². The molecule has 250 valence electrons. The Balaban J connectivity index is 2.30. The lowest BCUT2D eigenvalue weighted by molar-refractivity contribution is -0.138. The van der Waals surface area contributed by atoms with E-state index in [1.807, 2.05) is 45.9 Å². The van der Waals surface area contributed by atoms with E-state index in [4.69, 9.17) is 21.9 Å². The smallest absolute Gasteiger partial charge is 0.417 e. The second-order valence-corrected chi connectivity index (χ2v) is 11.7. The summed E-state index contributed by atoms with van der Waals surface area (Å²) < 4.78 is 5.61. The topological polar surface area (TPSA) is 208 Å². The van der Waals surface area contributed by atoms with Gasteiger partial charge in [-0.15, -0.1) is 0 Å². The number of aromatic nitrogens is 1. The molecule has 0 aliphatic carbocycles. The van der Waals surface area contributed by atoms with Gasteiger partial charge in [0.05, 0.1) is 12.1 Å². The van der Waals surface area contributed by atoms with Crippen molar-refractivity contribution in [3.05, 3.63) is 72.1 Å². The second kappa shape index (κ2) is 19.6. The minimum atomic E-state index is -1.08. The third-order valence-corrected chi connectivity index (χ3v) is 6.99. The SMILES string of the molecule is CC(C)C[C@H](NC(=O)[C@@H](N)CCCN=C(N)N)C(=O)N(C(=O)OCc1ccccc1)[C@H](CNC(=O)/C=C/c1ccncc1)C(C)C. The Kier molecular flexibility index (Phi) is 15.9. The summed E-state index contributed by atoms with van der Waals surface area (Å²) in [5, 5.41) is 5.55. The maximum Gasteiger partial charge on any atom is 0.417 e. The molecule has 1 heterocycles. The molecule has 3 atom stereocenters. The number of imide groups is 1. The van der Waals surface area contributed by atoms with Crippen LogP contribution < -0.4 is 27.8 Å². The van der Waals surface area contributed by atoms with Gasteiger partial charge in [0, 0.05) is 31.6 Å². The van der Waals surface area contributed by atoms with Crippen molar-refractivity contribution >= 4 is 35.9 Å². The molecular weight excluding hydrogens is 588 g/mol. The van der Waals surface area contributed by atoms with E-state index >= 15 is 0 Å². The molecule has 8 N–H and O–H groups in total. The number of pyridine rings is 1. The number of carbonyl (C=O) groups excluding carboxylic acids is 4. The van der Waals surface area contributed by atoms with Crippen molar-refractivity contribution in [2.45, 2.75) is 71.7 Å². The van der Waals surface area contributed by atoms with Gasteiger partial charge in [0.25, 0.3) is 5.91 Å². The van der Waals surface area contributed by atoms with E-state index < -0.39 is 41.9 Å². The van der Waals surface area contributed by atoms with Crippen LogP contribution in [0.1, 0.15) is 58.1 Å². The highest BCUT2D eigenvalue weighted by molar-refractivity contribution is 5.98. The minimum Gasteiger partial charge on any atom is -0.444 e. The lowest BCUT2D eigenvalue weighted by Gasteiger charge is -2.35. The van der Waals surface area contributed by atoms with E-state index in [0.29, 0.717) is 13.0 Å². The summed E-state index contributed by atoms with van der Waals surface area (Å²) in [6.07, 6.45) is 6.31. The summed E-state index contributed by atoms with van der Waals surface area (Å²) >= 11 is 0. The van der Waals surface area contributed by atoms with E-state index in [0.717, 1.165) is 16.0 Å². The first-order chi connectivity index (χ1) is 21.9. The van der Waals surface area contributed by atoms with Gasteiger partial charge >= 0.3 is 6.09 Å². The van der Waals surface area contributed by atoms with Gasteiger partial charge in [0.15, 0.2) is 5.96 Å². The molecule has 46 heavy (non-hydrogen) atoms. The van der Waals surface area contributed by atoms with Crippen LogP contribution in [0.4, 0.5) is 4.79 Å². The number of hydrogen-bond acceptors (Lipinski definition) is 8. The molecule has 1 aromatic carbocycles. The molecule has 4 amide bonds. The Morgan fingerprint density at radius 2 is 1.70 bits per heavy atom. The molecule has 0 fully saturated rings. The molecule has 0 bridgehead atoms. The van der Waals surface area contributed by atoms with Crippen LogP contribution >= 0.6 is 0 Å². The second-order valence-electron chi connectivity index (χ2n) is 11.7. The Labute approximate surface area is 271 Å². The Bertz CT molecular complexity index is 1310. The van der Waals surface area contributed by atoms with Crippen LogP contribution in [0.15, 0.2) is 65.9 Å². The molecule has 13 nitrogen and oxygen atoms in total. The van der Waals surface area contributed by atoms with E-state index in [2.05, 4.69) is 20.6 Å². The zero-order chi connectivity index (χ0) is 34.1. The van der Waals surface area contributed by atoms with Gasteiger partial charge in [-0.25, -0.2) is 9.69 Å². The van der Waals surface area contributed by atoms with Crippen LogP contribution in [-0.4, -0.2) is 70.9 Å². The van der Waals surface area contributed by atoms with Gasteiger partial charge in [-0.1, -0.05) is 58.0 Å². The summed E-state index contributed by atoms with van der Waals surface area (Å²) in [4.78, 5) is 62.6. The first-order valence-electron chi connectivity index (χ1n) is 15.4. The summed E-state index contributed by atoms with van der Waals surface area (Å²) in [7, 11) is 0. The van der Waals surface area contributed by atoms with Crippen LogP contribution in [-0.2, 0) is 25.7 Å². The number of rotatable bonds is 17. The third kappa shape index (κ3) is 13.5. The number of amides is 4. The molecule has 13 heteroatoms. The number of nitrogens with two attached hydrogens (primary N) is 3. The average molecular weight is 637 g/mol. The van der Waals surface area contributed by atoms with Crippen LogP contribution in [0.25, 0.3) is 6.08 Å². The van der Waals surface area contributed by atoms with Crippen LogP contribution in [0, 0.1) is 11.8 Å². The number of ether oxygens (including phenoxy) is 1.